The molecule has 0 atom stereocenters. The zero-order chi connectivity index (χ0) is 12.0. The van der Waals surface area contributed by atoms with E-state index < -0.39 is 0 Å². The molecule has 0 saturated carbocycles. The zero-order valence-electron chi connectivity index (χ0n) is 10.5. The Morgan fingerprint density at radius 2 is 2.06 bits per heavy atom. The molecule has 0 saturated heterocycles. The van der Waals surface area contributed by atoms with Gasteiger partial charge in [-0.05, 0) is 35.9 Å². The largest absolute Gasteiger partial charge is 0.464 e. The van der Waals surface area contributed by atoms with Crippen LogP contribution in [0.1, 0.15) is 19.4 Å². The van der Waals surface area contributed by atoms with Gasteiger partial charge in [0.2, 0.25) is 0 Å². The molecule has 0 bridgehead atoms. The van der Waals surface area contributed by atoms with Crippen molar-refractivity contribution in [3.8, 4) is 11.3 Å². The van der Waals surface area contributed by atoms with Crippen molar-refractivity contribution in [2.75, 3.05) is 18.5 Å². The Morgan fingerprint density at radius 1 is 1.24 bits per heavy atom. The average molecular weight is 227 g/mol. The number of fused-ring (bicyclic) bond motifs is 1. The van der Waals surface area contributed by atoms with E-state index in [-0.39, 0.29) is 5.41 Å². The van der Waals surface area contributed by atoms with Crippen molar-refractivity contribution >= 4 is 5.69 Å². The Hall–Kier alpha value is -1.70. The van der Waals surface area contributed by atoms with E-state index in [1.54, 1.807) is 6.26 Å². The minimum atomic E-state index is 0.215. The Morgan fingerprint density at radius 3 is 2.76 bits per heavy atom. The van der Waals surface area contributed by atoms with Gasteiger partial charge in [-0.3, -0.25) is 0 Å². The number of hydrogen-bond donors (Lipinski definition) is 0. The number of likely N-dealkylation sites (N-methyl/N-ethyl adjacent to an activating group) is 1. The molecule has 1 aliphatic rings. The van der Waals surface area contributed by atoms with Gasteiger partial charge in [-0.25, -0.2) is 0 Å². The first kappa shape index (κ1) is 10.5. The van der Waals surface area contributed by atoms with Crippen LogP contribution in [-0.4, -0.2) is 13.6 Å². The summed E-state index contributed by atoms with van der Waals surface area (Å²) >= 11 is 0. The molecule has 1 aromatic carbocycles. The third-order valence-corrected chi connectivity index (χ3v) is 3.58. The summed E-state index contributed by atoms with van der Waals surface area (Å²) in [6, 6.07) is 10.5. The molecule has 2 aromatic rings. The molecule has 2 heterocycles. The van der Waals surface area contributed by atoms with E-state index in [1.165, 1.54) is 11.3 Å². The molecule has 2 nitrogen and oxygen atoms in total. The second kappa shape index (κ2) is 3.39. The molecule has 0 radical (unpaired) electrons. The van der Waals surface area contributed by atoms with Gasteiger partial charge in [-0.2, -0.15) is 0 Å². The summed E-state index contributed by atoms with van der Waals surface area (Å²) in [4.78, 5) is 2.32. The molecule has 2 heteroatoms. The van der Waals surface area contributed by atoms with Gasteiger partial charge in [0.15, 0.2) is 0 Å². The van der Waals surface area contributed by atoms with Crippen LogP contribution in [0.25, 0.3) is 11.3 Å². The Labute approximate surface area is 102 Å². The van der Waals surface area contributed by atoms with Crippen LogP contribution in [-0.2, 0) is 5.41 Å². The molecule has 0 aliphatic carbocycles. The van der Waals surface area contributed by atoms with E-state index in [2.05, 4.69) is 44.0 Å². The van der Waals surface area contributed by atoms with Crippen molar-refractivity contribution in [2.45, 2.75) is 19.3 Å². The van der Waals surface area contributed by atoms with Gasteiger partial charge in [-0.1, -0.05) is 13.8 Å². The van der Waals surface area contributed by atoms with Crippen LogP contribution in [0.2, 0.25) is 0 Å². The highest BCUT2D eigenvalue weighted by atomic mass is 16.3. The van der Waals surface area contributed by atoms with Crippen molar-refractivity contribution in [2.24, 2.45) is 0 Å². The van der Waals surface area contributed by atoms with E-state index in [9.17, 15) is 0 Å². The molecular formula is C15H17NO. The second-order valence-electron chi connectivity index (χ2n) is 5.45. The van der Waals surface area contributed by atoms with Gasteiger partial charge < -0.3 is 9.32 Å². The number of nitrogens with zero attached hydrogens (tertiary/aromatic N) is 1. The molecule has 17 heavy (non-hydrogen) atoms. The molecule has 1 aromatic heterocycles. The van der Waals surface area contributed by atoms with Crippen LogP contribution in [0.15, 0.2) is 41.0 Å². The predicted octanol–water partition coefficient (Wildman–Crippen LogP) is 3.67. The number of benzene rings is 1. The van der Waals surface area contributed by atoms with Crippen LogP contribution >= 0.6 is 0 Å². The minimum absolute atomic E-state index is 0.215. The van der Waals surface area contributed by atoms with E-state index in [0.717, 1.165) is 17.9 Å². The molecule has 0 amide bonds. The Balaban J connectivity index is 2.14. The first-order valence-corrected chi connectivity index (χ1v) is 5.97. The monoisotopic (exact) mass is 227 g/mol. The molecule has 0 fully saturated rings. The fourth-order valence-electron chi connectivity index (χ4n) is 2.77. The quantitative estimate of drug-likeness (QED) is 0.739. The standard InChI is InChI=1S/C15H17NO/c1-15(2)10-16(3)13-7-6-11(9-12(13)15)14-5-4-8-17-14/h4-9H,10H2,1-3H3. The van der Waals surface area contributed by atoms with Crippen molar-refractivity contribution in [3.05, 3.63) is 42.2 Å². The number of rotatable bonds is 1. The molecule has 0 spiro atoms. The number of anilines is 1. The predicted molar refractivity (Wildman–Crippen MR) is 70.4 cm³/mol. The molecule has 88 valence electrons. The summed E-state index contributed by atoms with van der Waals surface area (Å²) in [6.45, 7) is 5.66. The maximum absolute atomic E-state index is 5.46. The molecule has 1 aliphatic heterocycles. The van der Waals surface area contributed by atoms with Gasteiger partial charge in [0, 0.05) is 30.3 Å². The third-order valence-electron chi connectivity index (χ3n) is 3.58. The third kappa shape index (κ3) is 1.55. The van der Waals surface area contributed by atoms with Gasteiger partial charge in [-0.15, -0.1) is 0 Å². The topological polar surface area (TPSA) is 16.4 Å². The lowest BCUT2D eigenvalue weighted by Crippen LogP contribution is -2.24. The zero-order valence-corrected chi connectivity index (χ0v) is 10.5. The van der Waals surface area contributed by atoms with Crippen LogP contribution in [0, 0.1) is 0 Å². The molecular weight excluding hydrogens is 210 g/mol. The van der Waals surface area contributed by atoms with Crippen LogP contribution in [0.3, 0.4) is 0 Å². The highest BCUT2D eigenvalue weighted by molar-refractivity contribution is 5.69. The fourth-order valence-corrected chi connectivity index (χ4v) is 2.77. The average Bonchev–Trinajstić information content (AvgIpc) is 2.87. The fraction of sp³-hybridized carbons (Fsp3) is 0.333. The van der Waals surface area contributed by atoms with E-state index >= 15 is 0 Å². The van der Waals surface area contributed by atoms with Crippen LogP contribution in [0.4, 0.5) is 5.69 Å². The van der Waals surface area contributed by atoms with Gasteiger partial charge in [0.25, 0.3) is 0 Å². The van der Waals surface area contributed by atoms with Crippen LogP contribution in [0.5, 0.6) is 0 Å². The highest BCUT2D eigenvalue weighted by Crippen LogP contribution is 2.41. The normalized spacial score (nSPS) is 17.2. The number of furan rings is 1. The lowest BCUT2D eigenvalue weighted by atomic mass is 9.86. The van der Waals surface area contributed by atoms with Crippen molar-refractivity contribution in [3.63, 3.8) is 0 Å². The Kier molecular flexibility index (Phi) is 2.09. The summed E-state index contributed by atoms with van der Waals surface area (Å²) < 4.78 is 5.46. The second-order valence-corrected chi connectivity index (χ2v) is 5.45. The smallest absolute Gasteiger partial charge is 0.133 e. The first-order chi connectivity index (χ1) is 8.08. The van der Waals surface area contributed by atoms with Crippen molar-refractivity contribution < 1.29 is 4.42 Å². The molecule has 3 rings (SSSR count). The molecule has 0 N–H and O–H groups in total. The summed E-state index contributed by atoms with van der Waals surface area (Å²) in [5.74, 6) is 0.943. The maximum Gasteiger partial charge on any atom is 0.133 e. The summed E-state index contributed by atoms with van der Waals surface area (Å²) in [5, 5.41) is 0. The lowest BCUT2D eigenvalue weighted by molar-refractivity contribution is 0.562. The van der Waals surface area contributed by atoms with E-state index in [0.29, 0.717) is 0 Å². The number of hydrogen-bond acceptors (Lipinski definition) is 2. The van der Waals surface area contributed by atoms with Gasteiger partial charge in [0.1, 0.15) is 5.76 Å². The summed E-state index contributed by atoms with van der Waals surface area (Å²) in [7, 11) is 2.15. The SMILES string of the molecule is CN1CC(C)(C)c2cc(-c3ccco3)ccc21. The summed E-state index contributed by atoms with van der Waals surface area (Å²) in [6.07, 6.45) is 1.72. The van der Waals surface area contributed by atoms with E-state index in [1.807, 2.05) is 12.1 Å². The minimum Gasteiger partial charge on any atom is -0.464 e. The van der Waals surface area contributed by atoms with Gasteiger partial charge >= 0.3 is 0 Å². The van der Waals surface area contributed by atoms with Crippen molar-refractivity contribution in [1.82, 2.24) is 0 Å². The van der Waals surface area contributed by atoms with E-state index in [4.69, 9.17) is 4.42 Å². The van der Waals surface area contributed by atoms with Crippen LogP contribution < -0.4 is 4.90 Å². The Bertz CT molecular complexity index is 540. The first-order valence-electron chi connectivity index (χ1n) is 5.97. The highest BCUT2D eigenvalue weighted by Gasteiger charge is 2.33. The van der Waals surface area contributed by atoms with Crippen molar-refractivity contribution in [1.29, 1.82) is 0 Å². The molecule has 0 unspecified atom stereocenters. The summed E-state index contributed by atoms with van der Waals surface area (Å²) in [5.41, 5.74) is 4.13. The van der Waals surface area contributed by atoms with Gasteiger partial charge in [0.05, 0.1) is 6.26 Å². The maximum atomic E-state index is 5.46. The lowest BCUT2D eigenvalue weighted by Gasteiger charge is -2.18.